The topological polar surface area (TPSA) is 30.9 Å². The van der Waals surface area contributed by atoms with Crippen molar-refractivity contribution in [3.8, 4) is 0 Å². The SMILES string of the molecule is CCCCCCCCCn1cc(CN)c2ccc(Cl)cc21. The minimum atomic E-state index is 0.585. The first-order valence-corrected chi connectivity index (χ1v) is 8.61. The lowest BCUT2D eigenvalue weighted by Crippen LogP contribution is -1.97. The van der Waals surface area contributed by atoms with Crippen LogP contribution >= 0.6 is 11.6 Å². The molecule has 2 aromatic rings. The van der Waals surface area contributed by atoms with Gasteiger partial charge in [-0.15, -0.1) is 0 Å². The van der Waals surface area contributed by atoms with Crippen LogP contribution in [0, 0.1) is 0 Å². The zero-order valence-corrected chi connectivity index (χ0v) is 13.8. The minimum Gasteiger partial charge on any atom is -0.347 e. The normalized spacial score (nSPS) is 11.4. The van der Waals surface area contributed by atoms with E-state index in [0.29, 0.717) is 6.54 Å². The predicted octanol–water partition coefficient (Wildman–Crippen LogP) is 5.50. The zero-order valence-electron chi connectivity index (χ0n) is 13.1. The van der Waals surface area contributed by atoms with Crippen LogP contribution < -0.4 is 5.73 Å². The van der Waals surface area contributed by atoms with Crippen molar-refractivity contribution in [1.29, 1.82) is 0 Å². The summed E-state index contributed by atoms with van der Waals surface area (Å²) in [6.07, 6.45) is 11.5. The number of fused-ring (bicyclic) bond motifs is 1. The molecular weight excluding hydrogens is 280 g/mol. The molecule has 1 aromatic carbocycles. The molecule has 3 heteroatoms. The first-order valence-electron chi connectivity index (χ1n) is 8.23. The molecule has 2 N–H and O–H groups in total. The standard InChI is InChI=1S/C18H27ClN2/c1-2-3-4-5-6-7-8-11-21-14-15(13-20)17-10-9-16(19)12-18(17)21/h9-10,12,14H,2-8,11,13,20H2,1H3. The van der Waals surface area contributed by atoms with Gasteiger partial charge in [-0.3, -0.25) is 0 Å². The van der Waals surface area contributed by atoms with Gasteiger partial charge in [-0.1, -0.05) is 63.1 Å². The second-order valence-electron chi connectivity index (χ2n) is 5.83. The summed E-state index contributed by atoms with van der Waals surface area (Å²) in [6, 6.07) is 6.08. The average Bonchev–Trinajstić information content (AvgIpc) is 2.83. The Kier molecular flexibility index (Phi) is 6.59. The molecule has 0 aliphatic heterocycles. The van der Waals surface area contributed by atoms with E-state index in [2.05, 4.69) is 29.8 Å². The molecule has 0 saturated heterocycles. The second-order valence-corrected chi connectivity index (χ2v) is 6.27. The Labute approximate surface area is 133 Å². The summed E-state index contributed by atoms with van der Waals surface area (Å²) in [7, 11) is 0. The van der Waals surface area contributed by atoms with Gasteiger partial charge in [-0.25, -0.2) is 0 Å². The molecule has 0 atom stereocenters. The third-order valence-corrected chi connectivity index (χ3v) is 4.38. The van der Waals surface area contributed by atoms with Crippen LogP contribution in [-0.4, -0.2) is 4.57 Å². The molecule has 2 nitrogen and oxygen atoms in total. The number of hydrogen-bond donors (Lipinski definition) is 1. The van der Waals surface area contributed by atoms with E-state index in [1.807, 2.05) is 6.07 Å². The van der Waals surface area contributed by atoms with Gasteiger partial charge in [0.05, 0.1) is 0 Å². The van der Waals surface area contributed by atoms with Gasteiger partial charge in [-0.05, 0) is 24.1 Å². The number of halogens is 1. The molecule has 0 aliphatic rings. The van der Waals surface area contributed by atoms with E-state index in [1.54, 1.807) is 0 Å². The van der Waals surface area contributed by atoms with Crippen LogP contribution in [0.25, 0.3) is 10.9 Å². The Morgan fingerprint density at radius 1 is 1.05 bits per heavy atom. The van der Waals surface area contributed by atoms with Gasteiger partial charge in [0.15, 0.2) is 0 Å². The van der Waals surface area contributed by atoms with Crippen molar-refractivity contribution in [1.82, 2.24) is 4.57 Å². The van der Waals surface area contributed by atoms with Crippen LogP contribution in [0.2, 0.25) is 5.02 Å². The van der Waals surface area contributed by atoms with Gasteiger partial charge in [0, 0.05) is 35.2 Å². The highest BCUT2D eigenvalue weighted by Crippen LogP contribution is 2.25. The van der Waals surface area contributed by atoms with E-state index in [9.17, 15) is 0 Å². The minimum absolute atomic E-state index is 0.585. The summed E-state index contributed by atoms with van der Waals surface area (Å²) in [5.41, 5.74) is 8.27. The predicted molar refractivity (Wildman–Crippen MR) is 92.8 cm³/mol. The monoisotopic (exact) mass is 306 g/mol. The highest BCUT2D eigenvalue weighted by molar-refractivity contribution is 6.31. The van der Waals surface area contributed by atoms with Crippen LogP contribution in [0.4, 0.5) is 0 Å². The fraction of sp³-hybridized carbons (Fsp3) is 0.556. The number of unbranched alkanes of at least 4 members (excludes halogenated alkanes) is 6. The maximum Gasteiger partial charge on any atom is 0.0498 e. The Bertz CT molecular complexity index is 560. The van der Waals surface area contributed by atoms with E-state index in [4.69, 9.17) is 17.3 Å². The van der Waals surface area contributed by atoms with E-state index in [-0.39, 0.29) is 0 Å². The Balaban J connectivity index is 1.91. The van der Waals surface area contributed by atoms with E-state index in [1.165, 1.54) is 61.4 Å². The van der Waals surface area contributed by atoms with Crippen LogP contribution in [0.15, 0.2) is 24.4 Å². The summed E-state index contributed by atoms with van der Waals surface area (Å²) in [6.45, 7) is 3.91. The van der Waals surface area contributed by atoms with Crippen molar-refractivity contribution < 1.29 is 0 Å². The van der Waals surface area contributed by atoms with Gasteiger partial charge < -0.3 is 10.3 Å². The third-order valence-electron chi connectivity index (χ3n) is 4.15. The summed E-state index contributed by atoms with van der Waals surface area (Å²) < 4.78 is 2.31. The largest absolute Gasteiger partial charge is 0.347 e. The fourth-order valence-corrected chi connectivity index (χ4v) is 3.09. The maximum atomic E-state index is 6.13. The number of nitrogens with two attached hydrogens (primary N) is 1. The molecule has 0 bridgehead atoms. The molecule has 1 heterocycles. The molecule has 0 unspecified atom stereocenters. The van der Waals surface area contributed by atoms with Crippen LogP contribution in [0.3, 0.4) is 0 Å². The first-order chi connectivity index (χ1) is 10.3. The molecule has 2 rings (SSSR count). The summed E-state index contributed by atoms with van der Waals surface area (Å²) in [4.78, 5) is 0. The summed E-state index contributed by atoms with van der Waals surface area (Å²) >= 11 is 6.13. The van der Waals surface area contributed by atoms with Crippen LogP contribution in [0.1, 0.15) is 57.4 Å². The molecule has 1 aromatic heterocycles. The maximum absolute atomic E-state index is 6.13. The Hall–Kier alpha value is -0.990. The summed E-state index contributed by atoms with van der Waals surface area (Å²) in [5, 5.41) is 2.04. The first kappa shape index (κ1) is 16.4. The highest BCUT2D eigenvalue weighted by Gasteiger charge is 2.07. The van der Waals surface area contributed by atoms with Gasteiger partial charge in [0.2, 0.25) is 0 Å². The molecule has 0 aliphatic carbocycles. The molecule has 0 fully saturated rings. The number of nitrogens with zero attached hydrogens (tertiary/aromatic N) is 1. The fourth-order valence-electron chi connectivity index (χ4n) is 2.93. The van der Waals surface area contributed by atoms with Crippen molar-refractivity contribution in [2.45, 2.75) is 65.0 Å². The van der Waals surface area contributed by atoms with Crippen molar-refractivity contribution in [2.24, 2.45) is 5.73 Å². The van der Waals surface area contributed by atoms with Gasteiger partial charge in [-0.2, -0.15) is 0 Å². The Morgan fingerprint density at radius 2 is 1.76 bits per heavy atom. The van der Waals surface area contributed by atoms with Crippen molar-refractivity contribution in [3.05, 3.63) is 35.0 Å². The van der Waals surface area contributed by atoms with Crippen molar-refractivity contribution >= 4 is 22.5 Å². The molecule has 0 spiro atoms. The van der Waals surface area contributed by atoms with E-state index in [0.717, 1.165) is 11.6 Å². The average molecular weight is 307 g/mol. The van der Waals surface area contributed by atoms with Crippen molar-refractivity contribution in [2.75, 3.05) is 0 Å². The third kappa shape index (κ3) is 4.49. The van der Waals surface area contributed by atoms with E-state index >= 15 is 0 Å². The number of hydrogen-bond acceptors (Lipinski definition) is 1. The number of benzene rings is 1. The quantitative estimate of drug-likeness (QED) is 0.609. The van der Waals surface area contributed by atoms with E-state index < -0.39 is 0 Å². The molecule has 0 radical (unpaired) electrons. The molecule has 116 valence electrons. The molecule has 21 heavy (non-hydrogen) atoms. The molecule has 0 amide bonds. The second kappa shape index (κ2) is 8.45. The summed E-state index contributed by atoms with van der Waals surface area (Å²) in [5.74, 6) is 0. The lowest BCUT2D eigenvalue weighted by molar-refractivity contribution is 0.556. The highest BCUT2D eigenvalue weighted by atomic mass is 35.5. The number of rotatable bonds is 9. The Morgan fingerprint density at radius 3 is 2.48 bits per heavy atom. The smallest absolute Gasteiger partial charge is 0.0498 e. The number of aromatic nitrogens is 1. The van der Waals surface area contributed by atoms with Crippen molar-refractivity contribution in [3.63, 3.8) is 0 Å². The van der Waals surface area contributed by atoms with Gasteiger partial charge in [0.1, 0.15) is 0 Å². The molecule has 0 saturated carbocycles. The van der Waals surface area contributed by atoms with Crippen LogP contribution in [0.5, 0.6) is 0 Å². The molecular formula is C18H27ClN2. The zero-order chi connectivity index (χ0) is 15.1. The van der Waals surface area contributed by atoms with Crippen LogP contribution in [-0.2, 0) is 13.1 Å². The van der Waals surface area contributed by atoms with Gasteiger partial charge >= 0.3 is 0 Å². The lowest BCUT2D eigenvalue weighted by Gasteiger charge is -2.06. The number of aryl methyl sites for hydroxylation is 1. The lowest BCUT2D eigenvalue weighted by atomic mass is 10.1. The van der Waals surface area contributed by atoms with Gasteiger partial charge in [0.25, 0.3) is 0 Å².